The Morgan fingerprint density at radius 1 is 1.04 bits per heavy atom. The molecule has 0 fully saturated rings. The van der Waals surface area contributed by atoms with E-state index in [1.54, 1.807) is 0 Å². The maximum absolute atomic E-state index is 13.0. The first-order chi connectivity index (χ1) is 12.2. The first-order valence-corrected chi connectivity index (χ1v) is 9.22. The summed E-state index contributed by atoms with van der Waals surface area (Å²) in [7, 11) is 0. The molecule has 0 bridgehead atoms. The average Bonchev–Trinajstić information content (AvgIpc) is 3.12. The van der Waals surface area contributed by atoms with Gasteiger partial charge in [0.15, 0.2) is 6.04 Å². The van der Waals surface area contributed by atoms with Crippen molar-refractivity contribution in [2.24, 2.45) is 0 Å². The van der Waals surface area contributed by atoms with Crippen molar-refractivity contribution in [1.29, 1.82) is 0 Å². The van der Waals surface area contributed by atoms with E-state index < -0.39 is 0 Å². The number of rotatable bonds is 3. The molecule has 1 amide bonds. The number of nitrogens with zero attached hydrogens (tertiary/aromatic N) is 1. The molecule has 25 heavy (non-hydrogen) atoms. The van der Waals surface area contributed by atoms with Crippen LogP contribution in [-0.2, 0) is 11.2 Å². The lowest BCUT2D eigenvalue weighted by molar-refractivity contribution is -0.909. The molecule has 2 aromatic carbocycles. The summed E-state index contributed by atoms with van der Waals surface area (Å²) in [5.41, 5.74) is 5.13. The first kappa shape index (κ1) is 16.1. The summed E-state index contributed by atoms with van der Waals surface area (Å²) >= 11 is 0. The van der Waals surface area contributed by atoms with Gasteiger partial charge in [-0.1, -0.05) is 48.5 Å². The zero-order valence-electron chi connectivity index (χ0n) is 14.7. The van der Waals surface area contributed by atoms with Gasteiger partial charge in [-0.25, -0.2) is 0 Å². The Morgan fingerprint density at radius 3 is 2.56 bits per heavy atom. The summed E-state index contributed by atoms with van der Waals surface area (Å²) < 4.78 is 0. The number of carbonyl (C=O) groups excluding carboxylic acids is 1. The van der Waals surface area contributed by atoms with Crippen molar-refractivity contribution < 1.29 is 9.69 Å². The van der Waals surface area contributed by atoms with Gasteiger partial charge in [-0.3, -0.25) is 4.79 Å². The molecule has 0 saturated heterocycles. The van der Waals surface area contributed by atoms with Crippen LogP contribution in [0.3, 0.4) is 0 Å². The maximum Gasteiger partial charge on any atom is 0.284 e. The van der Waals surface area contributed by atoms with E-state index in [1.807, 2.05) is 11.0 Å². The Kier molecular flexibility index (Phi) is 4.41. The summed E-state index contributed by atoms with van der Waals surface area (Å²) in [4.78, 5) is 16.4. The molecule has 0 aliphatic carbocycles. The summed E-state index contributed by atoms with van der Waals surface area (Å²) in [6, 6.07) is 18.9. The second-order valence-corrected chi connectivity index (χ2v) is 7.05. The fourth-order valence-corrected chi connectivity index (χ4v) is 4.04. The van der Waals surface area contributed by atoms with Gasteiger partial charge in [0.2, 0.25) is 0 Å². The van der Waals surface area contributed by atoms with E-state index in [0.29, 0.717) is 0 Å². The Bertz CT molecular complexity index is 797. The second-order valence-electron chi connectivity index (χ2n) is 7.05. The van der Waals surface area contributed by atoms with Crippen LogP contribution in [0.4, 0.5) is 5.69 Å². The lowest BCUT2D eigenvalue weighted by Gasteiger charge is -2.30. The van der Waals surface area contributed by atoms with Gasteiger partial charge in [0.1, 0.15) is 0 Å². The van der Waals surface area contributed by atoms with E-state index >= 15 is 0 Å². The van der Waals surface area contributed by atoms with Crippen LogP contribution in [0.1, 0.15) is 24.5 Å². The number of anilines is 1. The number of benzene rings is 2. The topological polar surface area (TPSA) is 24.8 Å². The van der Waals surface area contributed by atoms with Crippen molar-refractivity contribution in [3.05, 3.63) is 71.8 Å². The predicted octanol–water partition coefficient (Wildman–Crippen LogP) is 2.34. The molecule has 2 atom stereocenters. The quantitative estimate of drug-likeness (QED) is 0.916. The Morgan fingerprint density at radius 2 is 1.80 bits per heavy atom. The van der Waals surface area contributed by atoms with E-state index in [-0.39, 0.29) is 11.9 Å². The van der Waals surface area contributed by atoms with Crippen molar-refractivity contribution in [1.82, 2.24) is 0 Å². The van der Waals surface area contributed by atoms with Crippen molar-refractivity contribution in [2.45, 2.75) is 25.8 Å². The Balaban J connectivity index is 1.45. The van der Waals surface area contributed by atoms with Crippen LogP contribution in [-0.4, -0.2) is 31.6 Å². The minimum atomic E-state index is -0.000250. The highest BCUT2D eigenvalue weighted by atomic mass is 16.2. The molecule has 2 aromatic rings. The van der Waals surface area contributed by atoms with Crippen molar-refractivity contribution >= 4 is 17.2 Å². The van der Waals surface area contributed by atoms with Crippen molar-refractivity contribution in [3.8, 4) is 0 Å². The van der Waals surface area contributed by atoms with Crippen LogP contribution >= 0.6 is 0 Å². The van der Waals surface area contributed by atoms with E-state index in [1.165, 1.54) is 21.6 Å². The highest BCUT2D eigenvalue weighted by molar-refractivity contribution is 5.98. The molecule has 1 N–H and O–H groups in total. The third-order valence-electron chi connectivity index (χ3n) is 5.61. The van der Waals surface area contributed by atoms with Gasteiger partial charge in [-0.15, -0.1) is 0 Å². The van der Waals surface area contributed by atoms with Gasteiger partial charge in [0.25, 0.3) is 5.91 Å². The minimum Gasteiger partial charge on any atom is -0.321 e. The normalized spacial score (nSPS) is 20.8. The molecule has 0 spiro atoms. The van der Waals surface area contributed by atoms with Gasteiger partial charge in [0, 0.05) is 18.7 Å². The van der Waals surface area contributed by atoms with E-state index in [0.717, 1.165) is 38.2 Å². The highest BCUT2D eigenvalue weighted by Gasteiger charge is 2.33. The molecule has 2 aliphatic heterocycles. The molecule has 2 heterocycles. The molecular weight excluding hydrogens is 308 g/mol. The molecular formula is C22H25N2O+. The number of hydrogen-bond donors (Lipinski definition) is 1. The number of nitrogens with one attached hydrogen (secondary N) is 1. The summed E-state index contributed by atoms with van der Waals surface area (Å²) in [5, 5.41) is 0. The third kappa shape index (κ3) is 3.12. The molecule has 2 aliphatic rings. The zero-order chi connectivity index (χ0) is 17.2. The lowest BCUT2D eigenvalue weighted by Crippen LogP contribution is -3.17. The molecule has 128 valence electrons. The van der Waals surface area contributed by atoms with Crippen LogP contribution in [0.5, 0.6) is 0 Å². The van der Waals surface area contributed by atoms with Gasteiger partial charge in [-0.2, -0.15) is 0 Å². The Labute approximate surface area is 149 Å². The molecule has 3 nitrogen and oxygen atoms in total. The molecule has 3 heteroatoms. The average molecular weight is 333 g/mol. The van der Waals surface area contributed by atoms with E-state index in [9.17, 15) is 4.79 Å². The smallest absolute Gasteiger partial charge is 0.284 e. The molecule has 0 saturated carbocycles. The third-order valence-corrected chi connectivity index (χ3v) is 5.61. The standard InChI is InChI=1S/C22H24N2O/c1-17(22(25)24-16-13-20-9-5-6-10-21(20)24)23-14-11-19(12-15-23)18-7-3-2-4-8-18/h2-11,17H,12-16H2,1H3/p+1/t17-/m1/s1. The number of hydrogen-bond acceptors (Lipinski definition) is 1. The monoisotopic (exact) mass is 333 g/mol. The van der Waals surface area contributed by atoms with Crippen molar-refractivity contribution in [3.63, 3.8) is 0 Å². The van der Waals surface area contributed by atoms with Gasteiger partial charge >= 0.3 is 0 Å². The van der Waals surface area contributed by atoms with Crippen LogP contribution in [0.25, 0.3) is 5.57 Å². The van der Waals surface area contributed by atoms with Gasteiger partial charge in [-0.05, 0) is 42.2 Å². The molecule has 0 aromatic heterocycles. The number of quaternary nitrogens is 1. The molecule has 1 unspecified atom stereocenters. The maximum atomic E-state index is 13.0. The van der Waals surface area contributed by atoms with Crippen molar-refractivity contribution in [2.75, 3.05) is 24.5 Å². The number of carbonyl (C=O) groups is 1. The Hall–Kier alpha value is -2.39. The lowest BCUT2D eigenvalue weighted by atomic mass is 9.99. The molecule has 0 radical (unpaired) electrons. The summed E-state index contributed by atoms with van der Waals surface area (Å²) in [5.74, 6) is 0.261. The zero-order valence-corrected chi connectivity index (χ0v) is 14.7. The largest absolute Gasteiger partial charge is 0.321 e. The van der Waals surface area contributed by atoms with Crippen LogP contribution < -0.4 is 9.80 Å². The number of amides is 1. The summed E-state index contributed by atoms with van der Waals surface area (Å²) in [6.45, 7) is 4.84. The SMILES string of the molecule is C[C@H](C(=O)N1CCc2ccccc21)[NH+]1CC=C(c2ccccc2)CC1. The predicted molar refractivity (Wildman–Crippen MR) is 102 cm³/mol. The van der Waals surface area contributed by atoms with Gasteiger partial charge in [0.05, 0.1) is 13.1 Å². The fourth-order valence-electron chi connectivity index (χ4n) is 4.04. The minimum absolute atomic E-state index is 0.000250. The van der Waals surface area contributed by atoms with Crippen LogP contribution in [0.2, 0.25) is 0 Å². The van der Waals surface area contributed by atoms with E-state index in [4.69, 9.17) is 0 Å². The van der Waals surface area contributed by atoms with Crippen LogP contribution in [0, 0.1) is 0 Å². The van der Waals surface area contributed by atoms with E-state index in [2.05, 4.69) is 61.5 Å². The first-order valence-electron chi connectivity index (χ1n) is 9.22. The number of para-hydroxylation sites is 1. The highest BCUT2D eigenvalue weighted by Crippen LogP contribution is 2.27. The van der Waals surface area contributed by atoms with Crippen LogP contribution in [0.15, 0.2) is 60.7 Å². The summed E-state index contributed by atoms with van der Waals surface area (Å²) in [6.07, 6.45) is 4.32. The van der Waals surface area contributed by atoms with Gasteiger partial charge < -0.3 is 9.80 Å². The molecule has 4 rings (SSSR count). The fraction of sp³-hybridized carbons (Fsp3) is 0.318. The second kappa shape index (κ2) is 6.85. The number of fused-ring (bicyclic) bond motifs is 1.